The molecular formula is C32H34BNO6S. The summed E-state index contributed by atoms with van der Waals surface area (Å²) in [5, 5.41) is 0. The quantitative estimate of drug-likeness (QED) is 0.222. The SMILES string of the molecule is COc1ccc(N(c2ccc(OC)cc2)c2ccc(-c3sc(B4OC(C)(C)C(C)(C)O4)c4c3OCCO4)cc2)cc1. The van der Waals surface area contributed by atoms with Crippen LogP contribution >= 0.6 is 11.3 Å². The molecular weight excluding hydrogens is 537 g/mol. The summed E-state index contributed by atoms with van der Waals surface area (Å²) >= 11 is 1.60. The van der Waals surface area contributed by atoms with E-state index in [0.717, 1.165) is 55.3 Å². The lowest BCUT2D eigenvalue weighted by Crippen LogP contribution is -2.41. The molecule has 1 aromatic heterocycles. The Morgan fingerprint density at radius 1 is 0.659 bits per heavy atom. The van der Waals surface area contributed by atoms with Crippen molar-refractivity contribution in [1.82, 2.24) is 0 Å². The van der Waals surface area contributed by atoms with Crippen molar-refractivity contribution in [3.05, 3.63) is 72.8 Å². The van der Waals surface area contributed by atoms with Crippen LogP contribution in [0.4, 0.5) is 17.1 Å². The van der Waals surface area contributed by atoms with Crippen molar-refractivity contribution in [2.75, 3.05) is 32.3 Å². The highest BCUT2D eigenvalue weighted by Crippen LogP contribution is 2.47. The minimum atomic E-state index is -0.519. The van der Waals surface area contributed by atoms with E-state index in [1.54, 1.807) is 25.6 Å². The molecule has 0 aliphatic carbocycles. The summed E-state index contributed by atoms with van der Waals surface area (Å²) in [5.74, 6) is 3.08. The minimum Gasteiger partial charge on any atom is -0.497 e. The highest BCUT2D eigenvalue weighted by molar-refractivity contribution is 7.26. The summed E-state index contributed by atoms with van der Waals surface area (Å²) in [6.07, 6.45) is 0. The predicted molar refractivity (Wildman–Crippen MR) is 164 cm³/mol. The van der Waals surface area contributed by atoms with Crippen LogP contribution in [0.25, 0.3) is 10.4 Å². The molecule has 0 saturated carbocycles. The van der Waals surface area contributed by atoms with Crippen molar-refractivity contribution in [1.29, 1.82) is 0 Å². The van der Waals surface area contributed by atoms with Crippen molar-refractivity contribution >= 4 is 40.3 Å². The number of anilines is 3. The van der Waals surface area contributed by atoms with Gasteiger partial charge in [-0.05, 0) is 93.9 Å². The predicted octanol–water partition coefficient (Wildman–Crippen LogP) is 6.97. The third-order valence-corrected chi connectivity index (χ3v) is 9.16. The number of benzene rings is 3. The van der Waals surface area contributed by atoms with E-state index in [1.807, 2.05) is 24.3 Å². The van der Waals surface area contributed by atoms with Crippen LogP contribution in [0, 0.1) is 0 Å². The molecule has 0 radical (unpaired) electrons. The molecule has 6 rings (SSSR count). The van der Waals surface area contributed by atoms with Crippen molar-refractivity contribution in [3.63, 3.8) is 0 Å². The Morgan fingerprint density at radius 3 is 1.56 bits per heavy atom. The molecule has 1 fully saturated rings. The molecule has 7 nitrogen and oxygen atoms in total. The zero-order valence-electron chi connectivity index (χ0n) is 24.2. The second-order valence-electron chi connectivity index (χ2n) is 11.0. The van der Waals surface area contributed by atoms with Crippen LogP contribution in [0.2, 0.25) is 0 Å². The molecule has 41 heavy (non-hydrogen) atoms. The van der Waals surface area contributed by atoms with E-state index in [-0.39, 0.29) is 0 Å². The van der Waals surface area contributed by atoms with E-state index >= 15 is 0 Å². The van der Waals surface area contributed by atoms with Crippen molar-refractivity contribution in [3.8, 4) is 33.4 Å². The Hall–Kier alpha value is -3.66. The molecule has 0 amide bonds. The fraction of sp³-hybridized carbons (Fsp3) is 0.312. The second-order valence-corrected chi connectivity index (χ2v) is 12.1. The molecule has 0 unspecified atom stereocenters. The highest BCUT2D eigenvalue weighted by atomic mass is 32.1. The number of hydrogen-bond donors (Lipinski definition) is 0. The van der Waals surface area contributed by atoms with Crippen LogP contribution in [0.3, 0.4) is 0 Å². The number of hydrogen-bond acceptors (Lipinski definition) is 8. The van der Waals surface area contributed by atoms with Crippen LogP contribution in [-0.4, -0.2) is 45.8 Å². The van der Waals surface area contributed by atoms with Crippen molar-refractivity contribution in [2.24, 2.45) is 0 Å². The molecule has 0 bridgehead atoms. The molecule has 1 saturated heterocycles. The lowest BCUT2D eigenvalue weighted by molar-refractivity contribution is 0.00578. The van der Waals surface area contributed by atoms with Crippen molar-refractivity contribution in [2.45, 2.75) is 38.9 Å². The molecule has 3 aromatic carbocycles. The largest absolute Gasteiger partial charge is 0.509 e. The molecule has 2 aliphatic rings. The summed E-state index contributed by atoms with van der Waals surface area (Å²) < 4.78 is 36.7. The Morgan fingerprint density at radius 2 is 1.10 bits per heavy atom. The zero-order chi connectivity index (χ0) is 28.8. The number of nitrogens with zero attached hydrogens (tertiary/aromatic N) is 1. The molecule has 3 heterocycles. The number of ether oxygens (including phenoxy) is 4. The van der Waals surface area contributed by atoms with Crippen LogP contribution in [0.15, 0.2) is 72.8 Å². The smallest absolute Gasteiger partial charge is 0.497 e. The molecule has 9 heteroatoms. The average Bonchev–Trinajstić information content (AvgIpc) is 3.47. The Labute approximate surface area is 245 Å². The standard InChI is InChI=1S/C32H34BNO6S/c1-31(2)32(3,4)40-33(39-31)30-28-27(37-19-20-38-28)29(41-30)21-7-9-22(10-8-21)34(23-11-15-25(35-5)16-12-23)24-13-17-26(36-6)18-14-24/h7-18H,19-20H2,1-6H3. The fourth-order valence-corrected chi connectivity index (χ4v) is 6.09. The monoisotopic (exact) mass is 571 g/mol. The summed E-state index contributed by atoms with van der Waals surface area (Å²) in [6, 6.07) is 24.5. The van der Waals surface area contributed by atoms with Gasteiger partial charge in [-0.25, -0.2) is 0 Å². The van der Waals surface area contributed by atoms with Gasteiger partial charge < -0.3 is 33.2 Å². The van der Waals surface area contributed by atoms with Gasteiger partial charge in [0.25, 0.3) is 0 Å². The highest BCUT2D eigenvalue weighted by Gasteiger charge is 2.54. The van der Waals surface area contributed by atoms with Gasteiger partial charge in [0.2, 0.25) is 0 Å². The van der Waals surface area contributed by atoms with Crippen LogP contribution in [-0.2, 0) is 9.31 Å². The average molecular weight is 572 g/mol. The van der Waals surface area contributed by atoms with Gasteiger partial charge in [-0.2, -0.15) is 0 Å². The lowest BCUT2D eigenvalue weighted by Gasteiger charge is -2.32. The first-order chi connectivity index (χ1) is 19.7. The Balaban J connectivity index is 1.37. The maximum atomic E-state index is 6.38. The van der Waals surface area contributed by atoms with E-state index in [1.165, 1.54) is 0 Å². The maximum Gasteiger partial charge on any atom is 0.509 e. The molecule has 4 aromatic rings. The molecule has 212 valence electrons. The van der Waals surface area contributed by atoms with Gasteiger partial charge in [0.15, 0.2) is 11.5 Å². The fourth-order valence-electron chi connectivity index (χ4n) is 4.94. The van der Waals surface area contributed by atoms with E-state index < -0.39 is 18.3 Å². The third-order valence-electron chi connectivity index (χ3n) is 7.94. The maximum absolute atomic E-state index is 6.38. The molecule has 0 spiro atoms. The summed E-state index contributed by atoms with van der Waals surface area (Å²) in [7, 11) is 2.82. The van der Waals surface area contributed by atoms with Gasteiger partial charge in [-0.1, -0.05) is 12.1 Å². The second kappa shape index (κ2) is 10.6. The van der Waals surface area contributed by atoms with E-state index in [4.69, 9.17) is 28.3 Å². The zero-order valence-corrected chi connectivity index (χ0v) is 25.0. The molecule has 2 aliphatic heterocycles. The van der Waals surface area contributed by atoms with E-state index in [9.17, 15) is 0 Å². The van der Waals surface area contributed by atoms with Gasteiger partial charge in [0, 0.05) is 17.1 Å². The first-order valence-electron chi connectivity index (χ1n) is 13.7. The van der Waals surface area contributed by atoms with Gasteiger partial charge in [-0.3, -0.25) is 0 Å². The van der Waals surface area contributed by atoms with Crippen molar-refractivity contribution < 1.29 is 28.3 Å². The normalized spacial score (nSPS) is 16.9. The molecule has 0 N–H and O–H groups in total. The summed E-state index contributed by atoms with van der Waals surface area (Å²) in [5.41, 5.74) is 3.18. The summed E-state index contributed by atoms with van der Waals surface area (Å²) in [4.78, 5) is 3.19. The first-order valence-corrected chi connectivity index (χ1v) is 14.5. The lowest BCUT2D eigenvalue weighted by atomic mass is 9.87. The molecule has 0 atom stereocenters. The van der Waals surface area contributed by atoms with E-state index in [2.05, 4.69) is 81.1 Å². The van der Waals surface area contributed by atoms with E-state index in [0.29, 0.717) is 13.2 Å². The number of rotatable bonds is 7. The van der Waals surface area contributed by atoms with Crippen LogP contribution in [0.5, 0.6) is 23.0 Å². The van der Waals surface area contributed by atoms with Gasteiger partial charge in [0.05, 0.1) is 35.1 Å². The third kappa shape index (κ3) is 5.03. The number of methoxy groups -OCH3 is 2. The van der Waals surface area contributed by atoms with Gasteiger partial charge in [-0.15, -0.1) is 11.3 Å². The topological polar surface area (TPSA) is 58.6 Å². The first kappa shape index (κ1) is 27.5. The number of fused-ring (bicyclic) bond motifs is 1. The minimum absolute atomic E-state index is 0.446. The number of thiophene rings is 1. The van der Waals surface area contributed by atoms with Crippen LogP contribution in [0.1, 0.15) is 27.7 Å². The Bertz CT molecular complexity index is 1450. The Kier molecular flexibility index (Phi) is 7.14. The van der Waals surface area contributed by atoms with Crippen LogP contribution < -0.4 is 28.6 Å². The van der Waals surface area contributed by atoms with Gasteiger partial charge in [0.1, 0.15) is 24.7 Å². The van der Waals surface area contributed by atoms with Gasteiger partial charge >= 0.3 is 7.12 Å². The summed E-state index contributed by atoms with van der Waals surface area (Å²) in [6.45, 7) is 9.22.